The van der Waals surface area contributed by atoms with Gasteiger partial charge in [0.05, 0.1) is 31.2 Å². The predicted molar refractivity (Wildman–Crippen MR) is 162 cm³/mol. The largest absolute Gasteiger partial charge is 0.468 e. The number of esters is 1. The zero-order valence-electron chi connectivity index (χ0n) is 24.6. The van der Waals surface area contributed by atoms with Gasteiger partial charge in [-0.2, -0.15) is 4.99 Å². The van der Waals surface area contributed by atoms with Crippen LogP contribution in [0.1, 0.15) is 36.1 Å². The van der Waals surface area contributed by atoms with Crippen molar-refractivity contribution in [2.24, 2.45) is 15.9 Å². The minimum atomic E-state index is -2.17. The standard InChI is InChI=1S/C29H34F2N6O7S/c1-43-15-24-25(27(38)44-2)26(17-7-8-20(30)21(31)13-17)37(29(40)36-24)28(39)34-12-11-32-18-9-10-33-23(14-18)19-5-3-4-6-22(19)35-16-45(41)42/h3-8,13,16,18,23,25-26,32-33H,9-12,14-15H2,1-2H3,(H,34,39)(H,41,42). The van der Waals surface area contributed by atoms with E-state index in [1.165, 1.54) is 13.2 Å². The lowest BCUT2D eigenvalue weighted by Crippen LogP contribution is -2.54. The van der Waals surface area contributed by atoms with Gasteiger partial charge in [0.25, 0.3) is 0 Å². The number of ether oxygens (including phenoxy) is 2. The summed E-state index contributed by atoms with van der Waals surface area (Å²) in [6.07, 6.45) is 1.46. The van der Waals surface area contributed by atoms with Crippen molar-refractivity contribution >= 4 is 46.1 Å². The first kappa shape index (κ1) is 33.9. The maximum atomic E-state index is 14.3. The van der Waals surface area contributed by atoms with E-state index in [0.717, 1.165) is 36.8 Å². The fourth-order valence-electron chi connectivity index (χ4n) is 5.48. The molecule has 0 saturated carbocycles. The molecular weight excluding hydrogens is 614 g/mol. The van der Waals surface area contributed by atoms with Gasteiger partial charge in [0.15, 0.2) is 22.7 Å². The summed E-state index contributed by atoms with van der Waals surface area (Å²) in [5, 5.41) is 9.46. The summed E-state index contributed by atoms with van der Waals surface area (Å²) in [6.45, 7) is 0.860. The molecule has 0 spiro atoms. The summed E-state index contributed by atoms with van der Waals surface area (Å²) < 4.78 is 58.2. The van der Waals surface area contributed by atoms with Crippen molar-refractivity contribution in [3.05, 3.63) is 65.2 Å². The summed E-state index contributed by atoms with van der Waals surface area (Å²) in [4.78, 5) is 48.1. The van der Waals surface area contributed by atoms with Gasteiger partial charge in [-0.05, 0) is 48.7 Å². The van der Waals surface area contributed by atoms with E-state index in [1.54, 1.807) is 12.1 Å². The van der Waals surface area contributed by atoms with Gasteiger partial charge in [0, 0.05) is 32.3 Å². The van der Waals surface area contributed by atoms with Crippen LogP contribution < -0.4 is 16.0 Å². The molecule has 1 saturated heterocycles. The molecular formula is C29H34F2N6O7S. The van der Waals surface area contributed by atoms with Gasteiger partial charge < -0.3 is 30.0 Å². The lowest BCUT2D eigenvalue weighted by atomic mass is 9.86. The van der Waals surface area contributed by atoms with Gasteiger partial charge in [-0.25, -0.2) is 32.5 Å². The number of nitrogens with one attached hydrogen (secondary N) is 3. The second-order valence-corrected chi connectivity index (χ2v) is 11.1. The van der Waals surface area contributed by atoms with Crippen LogP contribution in [0.3, 0.4) is 0 Å². The molecule has 2 aromatic carbocycles. The molecule has 1 fully saturated rings. The average molecular weight is 649 g/mol. The Morgan fingerprint density at radius 3 is 2.69 bits per heavy atom. The second-order valence-electron chi connectivity index (χ2n) is 10.3. The maximum Gasteiger partial charge on any atom is 0.352 e. The molecule has 4 N–H and O–H groups in total. The van der Waals surface area contributed by atoms with Gasteiger partial charge in [-0.3, -0.25) is 4.79 Å². The molecule has 2 aromatic rings. The van der Waals surface area contributed by atoms with Crippen LogP contribution in [0, 0.1) is 17.6 Å². The quantitative estimate of drug-likeness (QED) is 0.0940. The molecule has 0 aromatic heterocycles. The third kappa shape index (κ3) is 8.40. The normalized spacial score (nSPS) is 22.6. The molecule has 5 atom stereocenters. The van der Waals surface area contributed by atoms with Gasteiger partial charge in [0.2, 0.25) is 0 Å². The molecule has 45 heavy (non-hydrogen) atoms. The Morgan fingerprint density at radius 2 is 1.98 bits per heavy atom. The molecule has 0 radical (unpaired) electrons. The van der Waals surface area contributed by atoms with Crippen molar-refractivity contribution in [1.29, 1.82) is 0 Å². The zero-order chi connectivity index (χ0) is 32.5. The number of benzene rings is 2. The molecule has 2 aliphatic heterocycles. The summed E-state index contributed by atoms with van der Waals surface area (Å²) in [6, 6.07) is 6.85. The fourth-order valence-corrected chi connectivity index (χ4v) is 5.69. The Balaban J connectivity index is 1.44. The van der Waals surface area contributed by atoms with E-state index in [2.05, 4.69) is 25.9 Å². The van der Waals surface area contributed by atoms with Crippen LogP contribution in [0.25, 0.3) is 0 Å². The number of hydrogen-bond donors (Lipinski definition) is 4. The number of amides is 4. The van der Waals surface area contributed by atoms with Gasteiger partial charge in [-0.1, -0.05) is 24.3 Å². The van der Waals surface area contributed by atoms with Crippen molar-refractivity contribution in [3.8, 4) is 0 Å². The average Bonchev–Trinajstić information content (AvgIpc) is 3.03. The van der Waals surface area contributed by atoms with Crippen molar-refractivity contribution in [1.82, 2.24) is 20.9 Å². The molecule has 5 unspecified atom stereocenters. The van der Waals surface area contributed by atoms with Crippen LogP contribution in [-0.2, 0) is 25.3 Å². The minimum absolute atomic E-state index is 0.00924. The van der Waals surface area contributed by atoms with E-state index >= 15 is 0 Å². The van der Waals surface area contributed by atoms with Crippen LogP contribution in [0.15, 0.2) is 52.4 Å². The topological polar surface area (TPSA) is 171 Å². The van der Waals surface area contributed by atoms with Crippen molar-refractivity contribution in [2.75, 3.05) is 40.5 Å². The highest BCUT2D eigenvalue weighted by molar-refractivity contribution is 7.93. The highest BCUT2D eigenvalue weighted by Gasteiger charge is 2.47. The van der Waals surface area contributed by atoms with Crippen molar-refractivity contribution in [2.45, 2.75) is 31.0 Å². The Hall–Kier alpha value is -3.96. The fraction of sp³-hybridized carbons (Fsp3) is 0.414. The van der Waals surface area contributed by atoms with Crippen LogP contribution in [0.5, 0.6) is 0 Å². The summed E-state index contributed by atoms with van der Waals surface area (Å²) in [5.41, 5.74) is 2.38. The number of urea groups is 2. The Kier molecular flexibility index (Phi) is 12.0. The van der Waals surface area contributed by atoms with E-state index < -0.39 is 52.7 Å². The first-order valence-corrected chi connectivity index (χ1v) is 15.2. The molecule has 2 heterocycles. The van der Waals surface area contributed by atoms with E-state index in [4.69, 9.17) is 14.0 Å². The molecule has 0 bridgehead atoms. The molecule has 0 aliphatic carbocycles. The van der Waals surface area contributed by atoms with Gasteiger partial charge in [-0.15, -0.1) is 0 Å². The van der Waals surface area contributed by atoms with Crippen LogP contribution in [-0.4, -0.2) is 89.5 Å². The molecule has 13 nitrogen and oxygen atoms in total. The lowest BCUT2D eigenvalue weighted by Gasteiger charge is -2.37. The molecule has 4 amide bonds. The minimum Gasteiger partial charge on any atom is -0.468 e. The zero-order valence-corrected chi connectivity index (χ0v) is 25.4. The molecule has 4 rings (SSSR count). The summed E-state index contributed by atoms with van der Waals surface area (Å²) >= 11 is -2.17. The van der Waals surface area contributed by atoms with Crippen LogP contribution in [0.2, 0.25) is 0 Å². The lowest BCUT2D eigenvalue weighted by molar-refractivity contribution is -0.144. The van der Waals surface area contributed by atoms with Gasteiger partial charge in [0.1, 0.15) is 11.5 Å². The summed E-state index contributed by atoms with van der Waals surface area (Å²) in [7, 11) is 2.45. The molecule has 242 valence electrons. The van der Waals surface area contributed by atoms with Crippen molar-refractivity contribution < 1.29 is 41.4 Å². The maximum absolute atomic E-state index is 14.3. The highest BCUT2D eigenvalue weighted by atomic mass is 32.2. The third-order valence-corrected chi connectivity index (χ3v) is 7.77. The number of aliphatic imine (C=N–C) groups is 2. The van der Waals surface area contributed by atoms with E-state index in [-0.39, 0.29) is 36.5 Å². The van der Waals surface area contributed by atoms with Crippen LogP contribution >= 0.6 is 0 Å². The third-order valence-electron chi connectivity index (χ3n) is 7.48. The number of piperidine rings is 1. The number of nitrogens with zero attached hydrogens (tertiary/aromatic N) is 3. The first-order valence-electron chi connectivity index (χ1n) is 14.0. The smallest absolute Gasteiger partial charge is 0.352 e. The van der Waals surface area contributed by atoms with E-state index in [1.807, 2.05) is 12.1 Å². The number of halogens is 2. The van der Waals surface area contributed by atoms with Crippen molar-refractivity contribution in [3.63, 3.8) is 0 Å². The monoisotopic (exact) mass is 648 g/mol. The Labute approximate surface area is 260 Å². The highest BCUT2D eigenvalue weighted by Crippen LogP contribution is 2.36. The number of carbonyl (C=O) groups is 3. The SMILES string of the molecule is COCC1=NC(=O)N(C(=O)NCCNC2CCNC(c3ccccc3N=CS(=O)O)C2)C(c2ccc(F)c(F)c2)C1C(=O)OC. The number of carbonyl (C=O) groups excluding carboxylic acids is 3. The number of para-hydroxylation sites is 1. The summed E-state index contributed by atoms with van der Waals surface area (Å²) in [5.74, 6) is -4.52. The number of methoxy groups -OCH3 is 2. The number of imide groups is 1. The Morgan fingerprint density at radius 1 is 1.20 bits per heavy atom. The molecule has 16 heteroatoms. The second kappa shape index (κ2) is 15.9. The van der Waals surface area contributed by atoms with Gasteiger partial charge >= 0.3 is 18.0 Å². The number of rotatable bonds is 11. The number of hydrogen-bond acceptors (Lipinski definition) is 9. The molecule has 2 aliphatic rings. The van der Waals surface area contributed by atoms with E-state index in [9.17, 15) is 27.4 Å². The van der Waals surface area contributed by atoms with E-state index in [0.29, 0.717) is 30.1 Å². The Bertz CT molecular complexity index is 1490. The van der Waals surface area contributed by atoms with Crippen LogP contribution in [0.4, 0.5) is 24.1 Å². The predicted octanol–water partition coefficient (Wildman–Crippen LogP) is 2.99. The first-order chi connectivity index (χ1) is 21.6.